The molecule has 3 aromatic carbocycles. The fourth-order valence-corrected chi connectivity index (χ4v) is 4.70. The van der Waals surface area contributed by atoms with Crippen LogP contribution in [0.1, 0.15) is 28.4 Å². The van der Waals surface area contributed by atoms with E-state index in [2.05, 4.69) is 10.7 Å². The molecule has 1 saturated heterocycles. The van der Waals surface area contributed by atoms with Crippen LogP contribution in [-0.4, -0.2) is 40.3 Å². The highest BCUT2D eigenvalue weighted by Crippen LogP contribution is 2.34. The molecule has 3 aromatic rings. The fraction of sp³-hybridized carbons (Fsp3) is 0.143. The number of hydrogen-bond acceptors (Lipinski definition) is 7. The molecule has 0 saturated carbocycles. The Morgan fingerprint density at radius 3 is 2.47 bits per heavy atom. The van der Waals surface area contributed by atoms with Gasteiger partial charge in [-0.25, -0.2) is 0 Å². The zero-order chi connectivity index (χ0) is 27.1. The van der Waals surface area contributed by atoms with Crippen LogP contribution in [-0.2, 0) is 9.59 Å². The average Bonchev–Trinajstić information content (AvgIpc) is 3.17. The minimum atomic E-state index is -0.435. The lowest BCUT2D eigenvalue weighted by Gasteiger charge is -2.15. The van der Waals surface area contributed by atoms with E-state index in [0.717, 1.165) is 28.0 Å². The van der Waals surface area contributed by atoms with E-state index in [0.29, 0.717) is 34.1 Å². The van der Waals surface area contributed by atoms with Crippen LogP contribution < -0.4 is 20.2 Å². The van der Waals surface area contributed by atoms with Crippen molar-refractivity contribution < 1.29 is 23.9 Å². The largest absolute Gasteiger partial charge is 0.490 e. The molecule has 194 valence electrons. The zero-order valence-electron chi connectivity index (χ0n) is 20.7. The van der Waals surface area contributed by atoms with Gasteiger partial charge >= 0.3 is 0 Å². The van der Waals surface area contributed by atoms with E-state index in [9.17, 15) is 14.4 Å². The topological polar surface area (TPSA) is 97.0 Å². The molecule has 38 heavy (non-hydrogen) atoms. The number of thiocarbonyl (C=S) groups is 1. The monoisotopic (exact) mass is 547 g/mol. The molecule has 0 radical (unpaired) electrons. The molecule has 4 rings (SSSR count). The lowest BCUT2D eigenvalue weighted by molar-refractivity contribution is -0.123. The molecule has 1 fully saturated rings. The van der Waals surface area contributed by atoms with E-state index >= 15 is 0 Å². The van der Waals surface area contributed by atoms with Crippen molar-refractivity contribution in [2.75, 3.05) is 18.5 Å². The summed E-state index contributed by atoms with van der Waals surface area (Å²) in [5, 5.41) is 3.89. The molecule has 1 heterocycles. The average molecular weight is 548 g/mol. The number of anilines is 1. The number of carbonyl (C=O) groups excluding carboxylic acids is 3. The molecule has 0 unspecified atom stereocenters. The first-order valence-electron chi connectivity index (χ1n) is 11.7. The number of nitrogens with one attached hydrogen (secondary N) is 2. The Balaban J connectivity index is 1.44. The van der Waals surface area contributed by atoms with Crippen LogP contribution in [0.4, 0.5) is 5.69 Å². The van der Waals surface area contributed by atoms with E-state index in [1.165, 1.54) is 0 Å². The SMILES string of the molecule is CCOc1cc(/C=C2\SC(=S)N(NC(=O)c3ccccc3)C2=O)ccc1OCC(=O)Nc1ccccc1C. The molecule has 0 spiro atoms. The first-order valence-corrected chi connectivity index (χ1v) is 13.0. The third kappa shape index (κ3) is 6.58. The minimum absolute atomic E-state index is 0.201. The maximum Gasteiger partial charge on any atom is 0.285 e. The number of ether oxygens (including phenoxy) is 2. The van der Waals surface area contributed by atoms with E-state index in [-0.39, 0.29) is 16.8 Å². The van der Waals surface area contributed by atoms with Crippen LogP contribution in [0.15, 0.2) is 77.7 Å². The first-order chi connectivity index (χ1) is 18.4. The molecular formula is C28H25N3O5S2. The van der Waals surface area contributed by atoms with Gasteiger partial charge in [-0.15, -0.1) is 0 Å². The number of hydrogen-bond donors (Lipinski definition) is 2. The zero-order valence-corrected chi connectivity index (χ0v) is 22.4. The van der Waals surface area contributed by atoms with Gasteiger partial charge in [0, 0.05) is 11.3 Å². The van der Waals surface area contributed by atoms with Crippen molar-refractivity contribution in [3.05, 3.63) is 94.4 Å². The van der Waals surface area contributed by atoms with E-state index in [1.54, 1.807) is 54.6 Å². The summed E-state index contributed by atoms with van der Waals surface area (Å²) in [5.41, 5.74) is 5.31. The van der Waals surface area contributed by atoms with Crippen LogP contribution in [0, 0.1) is 6.92 Å². The highest BCUT2D eigenvalue weighted by atomic mass is 32.2. The molecule has 0 atom stereocenters. The van der Waals surface area contributed by atoms with Gasteiger partial charge in [-0.1, -0.05) is 54.2 Å². The van der Waals surface area contributed by atoms with Gasteiger partial charge in [0.25, 0.3) is 17.7 Å². The van der Waals surface area contributed by atoms with E-state index in [1.807, 2.05) is 38.1 Å². The van der Waals surface area contributed by atoms with Crippen LogP contribution in [0.5, 0.6) is 11.5 Å². The molecule has 2 N–H and O–H groups in total. The third-order valence-electron chi connectivity index (χ3n) is 5.39. The predicted octanol–water partition coefficient (Wildman–Crippen LogP) is 4.96. The van der Waals surface area contributed by atoms with E-state index < -0.39 is 11.8 Å². The third-order valence-corrected chi connectivity index (χ3v) is 6.69. The highest BCUT2D eigenvalue weighted by Gasteiger charge is 2.33. The number of carbonyl (C=O) groups is 3. The maximum atomic E-state index is 13.0. The van der Waals surface area contributed by atoms with Crippen molar-refractivity contribution >= 4 is 57.8 Å². The second kappa shape index (κ2) is 12.4. The van der Waals surface area contributed by atoms with Crippen molar-refractivity contribution in [1.29, 1.82) is 0 Å². The van der Waals surface area contributed by atoms with Crippen molar-refractivity contribution in [2.45, 2.75) is 13.8 Å². The summed E-state index contributed by atoms with van der Waals surface area (Å²) in [6.45, 7) is 3.92. The Kier molecular flexibility index (Phi) is 8.77. The molecule has 1 aliphatic rings. The molecule has 3 amide bonds. The minimum Gasteiger partial charge on any atom is -0.490 e. The van der Waals surface area contributed by atoms with Crippen molar-refractivity contribution in [2.24, 2.45) is 0 Å². The Morgan fingerprint density at radius 2 is 1.74 bits per heavy atom. The summed E-state index contributed by atoms with van der Waals surface area (Å²) >= 11 is 6.39. The number of rotatable bonds is 9. The second-order valence-corrected chi connectivity index (χ2v) is 9.79. The number of hydrazine groups is 1. The van der Waals surface area contributed by atoms with Crippen LogP contribution >= 0.6 is 24.0 Å². The molecular weight excluding hydrogens is 522 g/mol. The van der Waals surface area contributed by atoms with Gasteiger partial charge in [0.15, 0.2) is 22.4 Å². The summed E-state index contributed by atoms with van der Waals surface area (Å²) in [5.74, 6) is -0.346. The standard InChI is InChI=1S/C28H25N3O5S2/c1-3-35-23-15-19(13-14-22(23)36-17-25(32)29-21-12-8-7-9-18(21)2)16-24-27(34)31(28(37)38-24)30-26(33)20-10-5-4-6-11-20/h4-16H,3,17H2,1-2H3,(H,29,32)(H,30,33)/b24-16-. The Labute approximate surface area is 230 Å². The van der Waals surface area contributed by atoms with Crippen molar-refractivity contribution in [3.63, 3.8) is 0 Å². The Bertz CT molecular complexity index is 1410. The molecule has 0 aromatic heterocycles. The summed E-state index contributed by atoms with van der Waals surface area (Å²) < 4.78 is 11.7. The molecule has 0 bridgehead atoms. The van der Waals surface area contributed by atoms with Crippen molar-refractivity contribution in [1.82, 2.24) is 10.4 Å². The van der Waals surface area contributed by atoms with Crippen LogP contribution in [0.2, 0.25) is 0 Å². The van der Waals surface area contributed by atoms with E-state index in [4.69, 9.17) is 21.7 Å². The summed E-state index contributed by atoms with van der Waals surface area (Å²) in [7, 11) is 0. The Morgan fingerprint density at radius 1 is 1.00 bits per heavy atom. The number of thioether (sulfide) groups is 1. The molecule has 10 heteroatoms. The molecule has 1 aliphatic heterocycles. The van der Waals surface area contributed by atoms with Crippen LogP contribution in [0.25, 0.3) is 6.08 Å². The summed E-state index contributed by atoms with van der Waals surface area (Å²) in [4.78, 5) is 38.2. The van der Waals surface area contributed by atoms with Gasteiger partial charge < -0.3 is 14.8 Å². The van der Waals surface area contributed by atoms with Gasteiger partial charge in [0.2, 0.25) is 0 Å². The number of amides is 3. The normalized spacial score (nSPS) is 13.9. The van der Waals surface area contributed by atoms with Gasteiger partial charge in [-0.2, -0.15) is 5.01 Å². The summed E-state index contributed by atoms with van der Waals surface area (Å²) in [6, 6.07) is 21.2. The highest BCUT2D eigenvalue weighted by molar-refractivity contribution is 8.26. The quantitative estimate of drug-likeness (QED) is 0.289. The number of para-hydroxylation sites is 1. The van der Waals surface area contributed by atoms with Crippen molar-refractivity contribution in [3.8, 4) is 11.5 Å². The number of benzene rings is 3. The molecule has 8 nitrogen and oxygen atoms in total. The van der Waals surface area contributed by atoms with Gasteiger partial charge in [-0.05, 0) is 73.6 Å². The predicted molar refractivity (Wildman–Crippen MR) is 152 cm³/mol. The second-order valence-electron chi connectivity index (χ2n) is 8.12. The smallest absolute Gasteiger partial charge is 0.285 e. The van der Waals surface area contributed by atoms with Gasteiger partial charge in [0.1, 0.15) is 0 Å². The van der Waals surface area contributed by atoms with Gasteiger partial charge in [-0.3, -0.25) is 19.8 Å². The van der Waals surface area contributed by atoms with Crippen LogP contribution in [0.3, 0.4) is 0 Å². The fourth-order valence-electron chi connectivity index (χ4n) is 3.52. The van der Waals surface area contributed by atoms with Gasteiger partial charge in [0.05, 0.1) is 11.5 Å². The maximum absolute atomic E-state index is 13.0. The summed E-state index contributed by atoms with van der Waals surface area (Å²) in [6.07, 6.45) is 1.66. The lowest BCUT2D eigenvalue weighted by Crippen LogP contribution is -2.44. The number of aryl methyl sites for hydroxylation is 1. The Hall–Kier alpha value is -4.15. The lowest BCUT2D eigenvalue weighted by atomic mass is 10.2. The molecule has 0 aliphatic carbocycles. The number of nitrogens with zero attached hydrogens (tertiary/aromatic N) is 1. The first kappa shape index (κ1) is 26.9.